The molecule has 0 amide bonds. The molecule has 0 bridgehead atoms. The Hall–Kier alpha value is -2.49. The van der Waals surface area contributed by atoms with Crippen LogP contribution < -0.4 is 0 Å². The SMILES string of the molecule is O=C(O)c1c(O)cc(O)cc1/C=C/C1=CCCC=C1. The van der Waals surface area contributed by atoms with Gasteiger partial charge in [0.05, 0.1) is 0 Å². The molecule has 4 nitrogen and oxygen atoms in total. The van der Waals surface area contributed by atoms with Crippen molar-refractivity contribution < 1.29 is 20.1 Å². The molecule has 0 saturated heterocycles. The maximum atomic E-state index is 11.1. The van der Waals surface area contributed by atoms with E-state index in [1.54, 1.807) is 12.2 Å². The van der Waals surface area contributed by atoms with Crippen LogP contribution in [-0.2, 0) is 0 Å². The smallest absolute Gasteiger partial charge is 0.340 e. The molecule has 4 heteroatoms. The molecule has 1 aromatic rings. The lowest BCUT2D eigenvalue weighted by Gasteiger charge is -2.06. The van der Waals surface area contributed by atoms with Crippen molar-refractivity contribution in [3.8, 4) is 11.5 Å². The highest BCUT2D eigenvalue weighted by atomic mass is 16.4. The van der Waals surface area contributed by atoms with Gasteiger partial charge in [0.1, 0.15) is 17.1 Å². The Bertz CT molecular complexity index is 594. The molecular weight excluding hydrogens is 244 g/mol. The average molecular weight is 258 g/mol. The van der Waals surface area contributed by atoms with Crippen LogP contribution in [0.3, 0.4) is 0 Å². The van der Waals surface area contributed by atoms with Crippen LogP contribution in [0, 0.1) is 0 Å². The predicted octanol–water partition coefficient (Wildman–Crippen LogP) is 3.09. The Morgan fingerprint density at radius 3 is 2.58 bits per heavy atom. The highest BCUT2D eigenvalue weighted by molar-refractivity contribution is 5.95. The summed E-state index contributed by atoms with van der Waals surface area (Å²) in [6.07, 6.45) is 11.3. The molecule has 0 aromatic heterocycles. The lowest BCUT2D eigenvalue weighted by molar-refractivity contribution is 0.0693. The van der Waals surface area contributed by atoms with E-state index in [-0.39, 0.29) is 16.9 Å². The van der Waals surface area contributed by atoms with Gasteiger partial charge in [-0.2, -0.15) is 0 Å². The van der Waals surface area contributed by atoms with Crippen LogP contribution in [0.15, 0.2) is 42.0 Å². The van der Waals surface area contributed by atoms with Gasteiger partial charge >= 0.3 is 5.97 Å². The van der Waals surface area contributed by atoms with Gasteiger partial charge in [-0.25, -0.2) is 4.79 Å². The zero-order valence-corrected chi connectivity index (χ0v) is 10.2. The van der Waals surface area contributed by atoms with Crippen molar-refractivity contribution in [1.29, 1.82) is 0 Å². The fourth-order valence-electron chi connectivity index (χ4n) is 1.94. The molecule has 1 aliphatic carbocycles. The van der Waals surface area contributed by atoms with E-state index < -0.39 is 11.7 Å². The molecule has 0 spiro atoms. The van der Waals surface area contributed by atoms with Gasteiger partial charge in [0, 0.05) is 6.07 Å². The van der Waals surface area contributed by atoms with Crippen LogP contribution in [0.4, 0.5) is 0 Å². The summed E-state index contributed by atoms with van der Waals surface area (Å²) in [4.78, 5) is 11.1. The summed E-state index contributed by atoms with van der Waals surface area (Å²) in [7, 11) is 0. The van der Waals surface area contributed by atoms with Gasteiger partial charge in [-0.3, -0.25) is 0 Å². The second-order valence-electron chi connectivity index (χ2n) is 4.25. The second-order valence-corrected chi connectivity index (χ2v) is 4.25. The first kappa shape index (κ1) is 13.0. The van der Waals surface area contributed by atoms with Crippen molar-refractivity contribution in [2.24, 2.45) is 0 Å². The number of carboxylic acids is 1. The molecule has 0 aliphatic heterocycles. The van der Waals surface area contributed by atoms with Gasteiger partial charge in [-0.1, -0.05) is 30.4 Å². The lowest BCUT2D eigenvalue weighted by atomic mass is 10.0. The summed E-state index contributed by atoms with van der Waals surface area (Å²) in [6, 6.07) is 2.33. The molecular formula is C15H14O4. The first-order chi connectivity index (χ1) is 9.08. The summed E-state index contributed by atoms with van der Waals surface area (Å²) in [5.41, 5.74) is 1.03. The molecule has 0 atom stereocenters. The zero-order valence-electron chi connectivity index (χ0n) is 10.2. The molecule has 2 rings (SSSR count). The predicted molar refractivity (Wildman–Crippen MR) is 72.2 cm³/mol. The summed E-state index contributed by atoms with van der Waals surface area (Å²) in [5.74, 6) is -1.85. The maximum Gasteiger partial charge on any atom is 0.340 e. The summed E-state index contributed by atoms with van der Waals surface area (Å²) in [6.45, 7) is 0. The third kappa shape index (κ3) is 3.04. The van der Waals surface area contributed by atoms with Gasteiger partial charge in [0.2, 0.25) is 0 Å². The van der Waals surface area contributed by atoms with E-state index in [1.807, 2.05) is 18.2 Å². The number of hydrogen-bond acceptors (Lipinski definition) is 3. The van der Waals surface area contributed by atoms with Gasteiger partial charge in [-0.15, -0.1) is 0 Å². The monoisotopic (exact) mass is 258 g/mol. The van der Waals surface area contributed by atoms with E-state index in [1.165, 1.54) is 6.07 Å². The molecule has 0 fully saturated rings. The molecule has 1 aliphatic rings. The third-order valence-electron chi connectivity index (χ3n) is 2.83. The van der Waals surface area contributed by atoms with E-state index in [0.29, 0.717) is 0 Å². The molecule has 0 unspecified atom stereocenters. The van der Waals surface area contributed by atoms with Crippen LogP contribution in [0.1, 0.15) is 28.8 Å². The second kappa shape index (κ2) is 5.44. The number of allylic oxidation sites excluding steroid dienone is 5. The van der Waals surface area contributed by atoms with Crippen molar-refractivity contribution in [3.05, 3.63) is 53.1 Å². The number of rotatable bonds is 3. The molecule has 0 radical (unpaired) electrons. The van der Waals surface area contributed by atoms with E-state index in [0.717, 1.165) is 24.5 Å². The molecule has 3 N–H and O–H groups in total. The van der Waals surface area contributed by atoms with Crippen molar-refractivity contribution >= 4 is 12.0 Å². The fourth-order valence-corrected chi connectivity index (χ4v) is 1.94. The van der Waals surface area contributed by atoms with Gasteiger partial charge in [0.15, 0.2) is 0 Å². The van der Waals surface area contributed by atoms with E-state index in [2.05, 4.69) is 0 Å². The van der Waals surface area contributed by atoms with Crippen LogP contribution in [0.5, 0.6) is 11.5 Å². The number of aromatic hydroxyl groups is 2. The van der Waals surface area contributed by atoms with Crippen molar-refractivity contribution in [1.82, 2.24) is 0 Å². The van der Waals surface area contributed by atoms with E-state index in [4.69, 9.17) is 5.11 Å². The lowest BCUT2D eigenvalue weighted by Crippen LogP contribution is -2.00. The third-order valence-corrected chi connectivity index (χ3v) is 2.83. The minimum Gasteiger partial charge on any atom is -0.508 e. The number of phenolic OH excluding ortho intramolecular Hbond substituents is 1. The molecule has 0 saturated carbocycles. The van der Waals surface area contributed by atoms with Crippen molar-refractivity contribution in [2.75, 3.05) is 0 Å². The maximum absolute atomic E-state index is 11.1. The number of benzene rings is 1. The van der Waals surface area contributed by atoms with E-state index in [9.17, 15) is 15.0 Å². The van der Waals surface area contributed by atoms with Crippen molar-refractivity contribution in [3.63, 3.8) is 0 Å². The van der Waals surface area contributed by atoms with E-state index >= 15 is 0 Å². The Morgan fingerprint density at radius 1 is 1.16 bits per heavy atom. The minimum absolute atomic E-state index is 0.171. The topological polar surface area (TPSA) is 77.8 Å². The molecule has 0 heterocycles. The number of hydrogen-bond donors (Lipinski definition) is 3. The Morgan fingerprint density at radius 2 is 1.95 bits per heavy atom. The summed E-state index contributed by atoms with van der Waals surface area (Å²) >= 11 is 0. The highest BCUT2D eigenvalue weighted by Gasteiger charge is 2.15. The number of carbonyl (C=O) groups is 1. The normalized spacial score (nSPS) is 14.6. The van der Waals surface area contributed by atoms with Gasteiger partial charge in [0.25, 0.3) is 0 Å². The Balaban J connectivity index is 2.38. The van der Waals surface area contributed by atoms with Gasteiger partial charge in [-0.05, 0) is 30.0 Å². The van der Waals surface area contributed by atoms with Crippen molar-refractivity contribution in [2.45, 2.75) is 12.8 Å². The number of carboxylic acid groups (broad SMARTS) is 1. The number of phenols is 2. The highest BCUT2D eigenvalue weighted by Crippen LogP contribution is 2.28. The Kier molecular flexibility index (Phi) is 3.71. The minimum atomic E-state index is -1.23. The first-order valence-corrected chi connectivity index (χ1v) is 5.92. The van der Waals surface area contributed by atoms with Crippen LogP contribution in [0.25, 0.3) is 6.08 Å². The quantitative estimate of drug-likeness (QED) is 0.778. The summed E-state index contributed by atoms with van der Waals surface area (Å²) in [5, 5.41) is 28.1. The zero-order chi connectivity index (χ0) is 13.8. The fraction of sp³-hybridized carbons (Fsp3) is 0.133. The largest absolute Gasteiger partial charge is 0.508 e. The standard InChI is InChI=1S/C15H14O4/c16-12-8-11(14(15(18)19)13(17)9-12)7-6-10-4-2-1-3-5-10/h2,4-9,16-17H,1,3H2,(H,18,19)/b7-6+. The number of aromatic carboxylic acids is 1. The van der Waals surface area contributed by atoms with Crippen LogP contribution >= 0.6 is 0 Å². The van der Waals surface area contributed by atoms with Crippen LogP contribution in [-0.4, -0.2) is 21.3 Å². The summed E-state index contributed by atoms with van der Waals surface area (Å²) < 4.78 is 0. The van der Waals surface area contributed by atoms with Crippen LogP contribution in [0.2, 0.25) is 0 Å². The average Bonchev–Trinajstić information content (AvgIpc) is 2.36. The van der Waals surface area contributed by atoms with Gasteiger partial charge < -0.3 is 15.3 Å². The molecule has 19 heavy (non-hydrogen) atoms. The molecule has 1 aromatic carbocycles. The molecule has 98 valence electrons. The first-order valence-electron chi connectivity index (χ1n) is 5.92. The Labute approximate surface area is 110 Å².